The number of halogens is 1. The molecule has 1 aromatic rings. The molecule has 0 aliphatic carbocycles. The van der Waals surface area contributed by atoms with Crippen LogP contribution in [-0.4, -0.2) is 26.2 Å². The van der Waals surface area contributed by atoms with Gasteiger partial charge in [0, 0.05) is 6.54 Å². The van der Waals surface area contributed by atoms with Gasteiger partial charge in [-0.25, -0.2) is 9.18 Å². The van der Waals surface area contributed by atoms with E-state index in [2.05, 4.69) is 5.32 Å². The van der Waals surface area contributed by atoms with E-state index in [1.807, 2.05) is 19.2 Å². The number of esters is 1. The number of nitrogens with one attached hydrogen (secondary N) is 1. The van der Waals surface area contributed by atoms with Gasteiger partial charge in [0.15, 0.2) is 0 Å². The lowest BCUT2D eigenvalue weighted by Gasteiger charge is -2.04. The lowest BCUT2D eigenvalue weighted by atomic mass is 10.1. The third kappa shape index (κ3) is 4.00. The molecule has 0 bridgehead atoms. The molecule has 3 nitrogen and oxygen atoms in total. The second-order valence-corrected chi connectivity index (χ2v) is 3.42. The van der Waals surface area contributed by atoms with Crippen LogP contribution in [-0.2, 0) is 4.74 Å². The summed E-state index contributed by atoms with van der Waals surface area (Å²) in [4.78, 5) is 11.4. The van der Waals surface area contributed by atoms with Crippen molar-refractivity contribution in [2.24, 2.45) is 0 Å². The summed E-state index contributed by atoms with van der Waals surface area (Å²) in [6, 6.07) is 4.37. The van der Waals surface area contributed by atoms with Crippen LogP contribution in [0, 0.1) is 5.82 Å². The van der Waals surface area contributed by atoms with Crippen LogP contribution in [0.4, 0.5) is 4.39 Å². The van der Waals surface area contributed by atoms with Gasteiger partial charge in [0.05, 0.1) is 12.2 Å². The molecular formula is C13H16FNO2. The number of ether oxygens (including phenoxy) is 1. The van der Waals surface area contributed by atoms with Crippen LogP contribution < -0.4 is 5.32 Å². The first kappa shape index (κ1) is 13.4. The number of carbonyl (C=O) groups is 1. The minimum Gasteiger partial charge on any atom is -0.462 e. The van der Waals surface area contributed by atoms with Crippen molar-refractivity contribution in [3.8, 4) is 0 Å². The normalized spacial score (nSPS) is 10.8. The first-order valence-electron chi connectivity index (χ1n) is 5.46. The van der Waals surface area contributed by atoms with Gasteiger partial charge < -0.3 is 10.1 Å². The van der Waals surface area contributed by atoms with Crippen LogP contribution in [0.2, 0.25) is 0 Å². The van der Waals surface area contributed by atoms with Gasteiger partial charge >= 0.3 is 5.97 Å². The summed E-state index contributed by atoms with van der Waals surface area (Å²) in [6.45, 7) is 2.64. The standard InChI is InChI=1S/C13H16FNO2/c1-3-17-13(16)11-9-10(5-4-8-15-2)6-7-12(11)14/h4-7,9,15H,3,8H2,1-2H3. The Morgan fingerprint density at radius 3 is 2.94 bits per heavy atom. The summed E-state index contributed by atoms with van der Waals surface area (Å²) in [5.41, 5.74) is 0.739. The predicted molar refractivity (Wildman–Crippen MR) is 65.3 cm³/mol. The van der Waals surface area contributed by atoms with Crippen LogP contribution in [0.25, 0.3) is 6.08 Å². The number of hydrogen-bond acceptors (Lipinski definition) is 3. The number of carbonyl (C=O) groups excluding carboxylic acids is 1. The van der Waals surface area contributed by atoms with E-state index < -0.39 is 11.8 Å². The van der Waals surface area contributed by atoms with Crippen LogP contribution in [0.3, 0.4) is 0 Å². The zero-order chi connectivity index (χ0) is 12.7. The maximum absolute atomic E-state index is 13.4. The minimum absolute atomic E-state index is 0.0292. The predicted octanol–water partition coefficient (Wildman–Crippen LogP) is 2.24. The van der Waals surface area contributed by atoms with Crippen molar-refractivity contribution in [3.63, 3.8) is 0 Å². The van der Waals surface area contributed by atoms with Crippen LogP contribution in [0.1, 0.15) is 22.8 Å². The van der Waals surface area contributed by atoms with E-state index in [-0.39, 0.29) is 12.2 Å². The van der Waals surface area contributed by atoms with Crippen LogP contribution in [0.15, 0.2) is 24.3 Å². The molecule has 0 radical (unpaired) electrons. The Kier molecular flexibility index (Phi) is 5.36. The van der Waals surface area contributed by atoms with E-state index in [1.165, 1.54) is 12.1 Å². The fourth-order valence-electron chi connectivity index (χ4n) is 1.32. The molecule has 0 aromatic heterocycles. The highest BCUT2D eigenvalue weighted by Gasteiger charge is 2.12. The Balaban J connectivity index is 2.90. The Morgan fingerprint density at radius 1 is 1.53 bits per heavy atom. The number of rotatable bonds is 5. The van der Waals surface area contributed by atoms with Crippen molar-refractivity contribution in [2.45, 2.75) is 6.92 Å². The molecule has 0 aliphatic rings. The molecule has 1 rings (SSSR count). The maximum atomic E-state index is 13.4. The summed E-state index contributed by atoms with van der Waals surface area (Å²) in [7, 11) is 1.83. The van der Waals surface area contributed by atoms with E-state index in [1.54, 1.807) is 13.0 Å². The van der Waals surface area contributed by atoms with Crippen LogP contribution in [0.5, 0.6) is 0 Å². The molecule has 1 N–H and O–H groups in total. The van der Waals surface area contributed by atoms with Gasteiger partial charge in [-0.1, -0.05) is 18.2 Å². The number of benzene rings is 1. The smallest absolute Gasteiger partial charge is 0.341 e. The minimum atomic E-state index is -0.631. The summed E-state index contributed by atoms with van der Waals surface area (Å²) < 4.78 is 18.2. The highest BCUT2D eigenvalue weighted by Crippen LogP contribution is 2.13. The zero-order valence-corrected chi connectivity index (χ0v) is 10.00. The molecule has 0 fully saturated rings. The molecule has 0 unspecified atom stereocenters. The van der Waals surface area contributed by atoms with Gasteiger partial charge in [-0.2, -0.15) is 0 Å². The topological polar surface area (TPSA) is 38.3 Å². The average Bonchev–Trinajstić information content (AvgIpc) is 2.32. The van der Waals surface area contributed by atoms with Gasteiger partial charge in [-0.3, -0.25) is 0 Å². The fraction of sp³-hybridized carbons (Fsp3) is 0.308. The van der Waals surface area contributed by atoms with E-state index in [0.29, 0.717) is 6.54 Å². The van der Waals surface area contributed by atoms with Crippen molar-refractivity contribution in [3.05, 3.63) is 41.2 Å². The fourth-order valence-corrected chi connectivity index (χ4v) is 1.32. The lowest BCUT2D eigenvalue weighted by Crippen LogP contribution is -2.07. The number of likely N-dealkylation sites (N-methyl/N-ethyl adjacent to an activating group) is 1. The van der Waals surface area contributed by atoms with E-state index >= 15 is 0 Å². The van der Waals surface area contributed by atoms with Gasteiger partial charge in [0.2, 0.25) is 0 Å². The SMILES string of the molecule is CCOC(=O)c1cc(C=CCNC)ccc1F. The summed E-state index contributed by atoms with van der Waals surface area (Å²) >= 11 is 0. The number of hydrogen-bond donors (Lipinski definition) is 1. The summed E-state index contributed by atoms with van der Waals surface area (Å²) in [5.74, 6) is -1.19. The molecule has 0 saturated carbocycles. The summed E-state index contributed by atoms with van der Waals surface area (Å²) in [5, 5.41) is 2.95. The van der Waals surface area contributed by atoms with Gasteiger partial charge in [0.1, 0.15) is 5.82 Å². The van der Waals surface area contributed by atoms with Gasteiger partial charge in [-0.15, -0.1) is 0 Å². The van der Waals surface area contributed by atoms with Gasteiger partial charge in [0.25, 0.3) is 0 Å². The van der Waals surface area contributed by atoms with Gasteiger partial charge in [-0.05, 0) is 31.7 Å². The van der Waals surface area contributed by atoms with E-state index in [0.717, 1.165) is 5.56 Å². The van der Waals surface area contributed by atoms with Crippen LogP contribution >= 0.6 is 0 Å². The molecule has 0 aliphatic heterocycles. The summed E-state index contributed by atoms with van der Waals surface area (Å²) in [6.07, 6.45) is 3.71. The third-order valence-corrected chi connectivity index (χ3v) is 2.12. The Morgan fingerprint density at radius 2 is 2.29 bits per heavy atom. The second-order valence-electron chi connectivity index (χ2n) is 3.42. The first-order chi connectivity index (χ1) is 8.19. The molecule has 1 aromatic carbocycles. The Hall–Kier alpha value is -1.68. The molecule has 92 valence electrons. The molecule has 17 heavy (non-hydrogen) atoms. The average molecular weight is 237 g/mol. The third-order valence-electron chi connectivity index (χ3n) is 2.12. The Labute approximate surface area is 100 Å². The quantitative estimate of drug-likeness (QED) is 0.798. The highest BCUT2D eigenvalue weighted by atomic mass is 19.1. The molecule has 0 heterocycles. The lowest BCUT2D eigenvalue weighted by molar-refractivity contribution is 0.0521. The molecule has 0 amide bonds. The van der Waals surface area contributed by atoms with Crippen molar-refractivity contribution >= 4 is 12.0 Å². The molecule has 4 heteroatoms. The zero-order valence-electron chi connectivity index (χ0n) is 10.00. The molecule has 0 saturated heterocycles. The molecular weight excluding hydrogens is 221 g/mol. The maximum Gasteiger partial charge on any atom is 0.341 e. The van der Waals surface area contributed by atoms with Crippen molar-refractivity contribution in [1.29, 1.82) is 0 Å². The second kappa shape index (κ2) is 6.81. The van der Waals surface area contributed by atoms with Crippen molar-refractivity contribution in [1.82, 2.24) is 5.32 Å². The van der Waals surface area contributed by atoms with Crippen molar-refractivity contribution < 1.29 is 13.9 Å². The molecule has 0 spiro atoms. The largest absolute Gasteiger partial charge is 0.462 e. The highest BCUT2D eigenvalue weighted by molar-refractivity contribution is 5.90. The Bertz CT molecular complexity index is 416. The monoisotopic (exact) mass is 237 g/mol. The van der Waals surface area contributed by atoms with E-state index in [9.17, 15) is 9.18 Å². The van der Waals surface area contributed by atoms with Crippen molar-refractivity contribution in [2.75, 3.05) is 20.2 Å². The van der Waals surface area contributed by atoms with E-state index in [4.69, 9.17) is 4.74 Å². The molecule has 0 atom stereocenters. The first-order valence-corrected chi connectivity index (χ1v) is 5.46.